The number of carbonyl (C=O) groups excluding carboxylic acids is 1. The monoisotopic (exact) mass is 482 g/mol. The molecule has 154 valence electrons. The van der Waals surface area contributed by atoms with Gasteiger partial charge in [-0.2, -0.15) is 11.8 Å². The first kappa shape index (κ1) is 23.4. The smallest absolute Gasteiger partial charge is 0.269 e. The van der Waals surface area contributed by atoms with Gasteiger partial charge in [0.1, 0.15) is 0 Å². The molecule has 0 radical (unpaired) electrons. The highest BCUT2D eigenvalue weighted by Gasteiger charge is 2.25. The lowest BCUT2D eigenvalue weighted by Gasteiger charge is -2.15. The Hall–Kier alpha value is -0.910. The highest BCUT2D eigenvalue weighted by molar-refractivity contribution is 7.98. The Kier molecular flexibility index (Phi) is 8.12. The van der Waals surface area contributed by atoms with Gasteiger partial charge in [0.25, 0.3) is 10.0 Å². The van der Waals surface area contributed by atoms with E-state index in [1.54, 1.807) is 39.0 Å². The average molecular weight is 483 g/mol. The molecule has 1 aromatic heterocycles. The highest BCUT2D eigenvalue weighted by Crippen LogP contribution is 2.28. The van der Waals surface area contributed by atoms with Gasteiger partial charge in [0, 0.05) is 33.5 Å². The largest absolute Gasteiger partial charge is 0.300 e. The SMILES string of the molecule is CC(C)(C)C(=O)Nc1nnc(S(=O)(=O)NCCSCc2c(Cl)cccc2Cl)s1. The number of benzene rings is 1. The van der Waals surface area contributed by atoms with Crippen LogP contribution < -0.4 is 10.0 Å². The summed E-state index contributed by atoms with van der Waals surface area (Å²) in [7, 11) is -3.79. The Balaban J connectivity index is 1.85. The quantitative estimate of drug-likeness (QED) is 0.434. The standard InChI is InChI=1S/C16H20Cl2N4O3S3/c1-16(2,3)13(23)20-14-21-22-15(27-14)28(24,25)19-7-8-26-9-10-11(17)5-4-6-12(10)18/h4-6,19H,7-9H2,1-3H3,(H,20,21,23). The van der Waals surface area contributed by atoms with E-state index in [1.165, 1.54) is 11.8 Å². The van der Waals surface area contributed by atoms with Crippen molar-refractivity contribution in [2.75, 3.05) is 17.6 Å². The maximum Gasteiger partial charge on any atom is 0.269 e. The van der Waals surface area contributed by atoms with Gasteiger partial charge >= 0.3 is 0 Å². The third-order valence-corrected chi connectivity index (χ3v) is 7.75. The van der Waals surface area contributed by atoms with Gasteiger partial charge in [-0.3, -0.25) is 4.79 Å². The first-order chi connectivity index (χ1) is 13.0. The molecule has 12 heteroatoms. The third kappa shape index (κ3) is 6.57. The summed E-state index contributed by atoms with van der Waals surface area (Å²) >= 11 is 14.5. The Labute approximate surface area is 182 Å². The highest BCUT2D eigenvalue weighted by atomic mass is 35.5. The van der Waals surface area contributed by atoms with E-state index in [9.17, 15) is 13.2 Å². The summed E-state index contributed by atoms with van der Waals surface area (Å²) in [5.41, 5.74) is 0.201. The number of hydrogen-bond acceptors (Lipinski definition) is 7. The second kappa shape index (κ2) is 9.73. The molecule has 0 atom stereocenters. The molecular weight excluding hydrogens is 463 g/mol. The van der Waals surface area contributed by atoms with Crippen LogP contribution in [0.3, 0.4) is 0 Å². The number of rotatable bonds is 8. The van der Waals surface area contributed by atoms with Crippen molar-refractivity contribution < 1.29 is 13.2 Å². The Bertz CT molecular complexity index is 923. The molecule has 1 amide bonds. The lowest BCUT2D eigenvalue weighted by molar-refractivity contribution is -0.123. The van der Waals surface area contributed by atoms with Gasteiger partial charge in [-0.15, -0.1) is 10.2 Å². The van der Waals surface area contributed by atoms with Gasteiger partial charge in [-0.25, -0.2) is 13.1 Å². The topological polar surface area (TPSA) is 101 Å². The van der Waals surface area contributed by atoms with E-state index in [0.717, 1.165) is 16.9 Å². The van der Waals surface area contributed by atoms with Crippen LogP contribution in [0.2, 0.25) is 10.0 Å². The number of halogens is 2. The minimum atomic E-state index is -3.79. The molecule has 0 saturated carbocycles. The molecule has 2 N–H and O–H groups in total. The summed E-state index contributed by atoms with van der Waals surface area (Å²) in [4.78, 5) is 11.9. The predicted molar refractivity (Wildman–Crippen MR) is 116 cm³/mol. The molecule has 7 nitrogen and oxygen atoms in total. The molecule has 0 fully saturated rings. The zero-order chi connectivity index (χ0) is 20.9. The van der Waals surface area contributed by atoms with Crippen LogP contribution in [0.5, 0.6) is 0 Å². The molecule has 1 aromatic carbocycles. The van der Waals surface area contributed by atoms with Crippen molar-refractivity contribution in [1.29, 1.82) is 0 Å². The Morgan fingerprint density at radius 1 is 1.21 bits per heavy atom. The molecule has 0 bridgehead atoms. The van der Waals surface area contributed by atoms with Crippen LogP contribution in [-0.2, 0) is 20.6 Å². The zero-order valence-corrected chi connectivity index (χ0v) is 19.4. The summed E-state index contributed by atoms with van der Waals surface area (Å²) in [5, 5.41) is 11.2. The minimum absolute atomic E-state index is 0.142. The number of carbonyl (C=O) groups is 1. The molecule has 1 heterocycles. The summed E-state index contributed by atoms with van der Waals surface area (Å²) in [6.07, 6.45) is 0. The third-order valence-electron chi connectivity index (χ3n) is 3.38. The van der Waals surface area contributed by atoms with Crippen LogP contribution in [0.4, 0.5) is 5.13 Å². The number of aromatic nitrogens is 2. The van der Waals surface area contributed by atoms with E-state index in [4.69, 9.17) is 23.2 Å². The van der Waals surface area contributed by atoms with Gasteiger partial charge in [-0.05, 0) is 17.7 Å². The number of anilines is 1. The second-order valence-corrected chi connectivity index (χ2v) is 11.6. The van der Waals surface area contributed by atoms with E-state index < -0.39 is 15.4 Å². The fourth-order valence-electron chi connectivity index (χ4n) is 1.81. The molecule has 0 spiro atoms. The lowest BCUT2D eigenvalue weighted by Crippen LogP contribution is -2.27. The molecule has 0 aliphatic carbocycles. The molecule has 2 aromatic rings. The number of nitrogens with zero attached hydrogens (tertiary/aromatic N) is 2. The summed E-state index contributed by atoms with van der Waals surface area (Å²) in [6.45, 7) is 5.44. The maximum atomic E-state index is 12.3. The van der Waals surface area contributed by atoms with E-state index in [-0.39, 0.29) is 21.9 Å². The molecule has 28 heavy (non-hydrogen) atoms. The normalized spacial score (nSPS) is 12.2. The van der Waals surface area contributed by atoms with Crippen LogP contribution in [0.15, 0.2) is 22.5 Å². The maximum absolute atomic E-state index is 12.3. The van der Waals surface area contributed by atoms with Crippen molar-refractivity contribution in [3.63, 3.8) is 0 Å². The van der Waals surface area contributed by atoms with Gasteiger partial charge < -0.3 is 5.32 Å². The van der Waals surface area contributed by atoms with Crippen LogP contribution in [0.25, 0.3) is 0 Å². The molecular formula is C16H20Cl2N4O3S3. The van der Waals surface area contributed by atoms with Crippen LogP contribution >= 0.6 is 46.3 Å². The fraction of sp³-hybridized carbons (Fsp3) is 0.438. The molecule has 0 aliphatic rings. The predicted octanol–water partition coefficient (Wildman–Crippen LogP) is 4.04. The average Bonchev–Trinajstić information content (AvgIpc) is 3.05. The van der Waals surface area contributed by atoms with Crippen LogP contribution in [0, 0.1) is 5.41 Å². The van der Waals surface area contributed by atoms with Crippen LogP contribution in [0.1, 0.15) is 26.3 Å². The minimum Gasteiger partial charge on any atom is -0.300 e. The number of hydrogen-bond donors (Lipinski definition) is 2. The van der Waals surface area contributed by atoms with Crippen molar-refractivity contribution >= 4 is 67.4 Å². The van der Waals surface area contributed by atoms with Gasteiger partial charge in [-0.1, -0.05) is 61.4 Å². The summed E-state index contributed by atoms with van der Waals surface area (Å²) < 4.78 is 26.9. The zero-order valence-electron chi connectivity index (χ0n) is 15.5. The van der Waals surface area contributed by atoms with Crippen molar-refractivity contribution in [1.82, 2.24) is 14.9 Å². The van der Waals surface area contributed by atoms with Crippen molar-refractivity contribution in [2.24, 2.45) is 5.41 Å². The number of sulfonamides is 1. The van der Waals surface area contributed by atoms with Gasteiger partial charge in [0.15, 0.2) is 0 Å². The molecule has 0 saturated heterocycles. The van der Waals surface area contributed by atoms with E-state index >= 15 is 0 Å². The van der Waals surface area contributed by atoms with Crippen molar-refractivity contribution in [3.05, 3.63) is 33.8 Å². The number of amides is 1. The Morgan fingerprint density at radius 3 is 2.46 bits per heavy atom. The van der Waals surface area contributed by atoms with E-state index in [0.29, 0.717) is 21.6 Å². The lowest BCUT2D eigenvalue weighted by atomic mass is 9.96. The van der Waals surface area contributed by atoms with E-state index in [2.05, 4.69) is 20.2 Å². The number of nitrogens with one attached hydrogen (secondary N) is 2. The molecule has 0 aliphatic heterocycles. The first-order valence-corrected chi connectivity index (χ1v) is 12.4. The van der Waals surface area contributed by atoms with Crippen LogP contribution in [-0.4, -0.2) is 36.8 Å². The molecule has 0 unspecified atom stereocenters. The first-order valence-electron chi connectivity index (χ1n) is 8.16. The van der Waals surface area contributed by atoms with Crippen molar-refractivity contribution in [2.45, 2.75) is 30.9 Å². The van der Waals surface area contributed by atoms with Gasteiger partial charge in [0.05, 0.1) is 0 Å². The fourth-order valence-corrected chi connectivity index (χ4v) is 5.50. The van der Waals surface area contributed by atoms with Gasteiger partial charge in [0.2, 0.25) is 15.4 Å². The summed E-state index contributed by atoms with van der Waals surface area (Å²) in [6, 6.07) is 5.29. The van der Waals surface area contributed by atoms with Crippen molar-refractivity contribution in [3.8, 4) is 0 Å². The summed E-state index contributed by atoms with van der Waals surface area (Å²) in [5.74, 6) is 0.824. The number of thioether (sulfide) groups is 1. The van der Waals surface area contributed by atoms with E-state index in [1.807, 2.05) is 0 Å². The second-order valence-electron chi connectivity index (χ2n) is 6.73. The molecule has 2 rings (SSSR count). The Morgan fingerprint density at radius 2 is 1.86 bits per heavy atom.